The van der Waals surface area contributed by atoms with Crippen LogP contribution < -0.4 is 18.9 Å². The van der Waals surface area contributed by atoms with E-state index in [1.54, 1.807) is 0 Å². The topological polar surface area (TPSA) is 26.3 Å². The van der Waals surface area contributed by atoms with Gasteiger partial charge in [-0.3, -0.25) is 0 Å². The Bertz CT molecular complexity index is 689. The summed E-state index contributed by atoms with van der Waals surface area (Å²) in [5.74, 6) is 0.675. The molecule has 0 amide bonds. The molecule has 0 spiro atoms. The molecule has 0 aliphatic heterocycles. The van der Waals surface area contributed by atoms with Crippen molar-refractivity contribution >= 4 is 5.97 Å². The van der Waals surface area contributed by atoms with Gasteiger partial charge in [-0.1, -0.05) is 59.7 Å². The molecule has 0 heterocycles. The summed E-state index contributed by atoms with van der Waals surface area (Å²) in [4.78, 5) is 12.9. The first-order chi connectivity index (χ1) is 11.8. The van der Waals surface area contributed by atoms with E-state index in [0.717, 1.165) is 22.3 Å². The smallest absolute Gasteiger partial charge is 0.494 e. The molecule has 0 N–H and O–H groups in total. The molecule has 2 aromatic carbocycles. The molecule has 2 aromatic rings. The molecule has 2 rings (SSSR count). The van der Waals surface area contributed by atoms with Gasteiger partial charge in [0.1, 0.15) is 0 Å². The van der Waals surface area contributed by atoms with Gasteiger partial charge >= 0.3 is 24.8 Å². The van der Waals surface area contributed by atoms with Gasteiger partial charge < -0.3 is 4.74 Å². The van der Waals surface area contributed by atoms with Gasteiger partial charge in [-0.2, -0.15) is 17.7 Å². The summed E-state index contributed by atoms with van der Waals surface area (Å²) in [7, 11) is 0. The summed E-state index contributed by atoms with van der Waals surface area (Å²) < 4.78 is 5.53. The quantitative estimate of drug-likeness (QED) is 0.456. The minimum atomic E-state index is -0.272. The summed E-state index contributed by atoms with van der Waals surface area (Å²) in [5, 5.41) is 0. The molecule has 0 radical (unpaired) electrons. The minimum absolute atomic E-state index is 0. The van der Waals surface area contributed by atoms with Gasteiger partial charge in [0.25, 0.3) is 0 Å². The van der Waals surface area contributed by atoms with Crippen LogP contribution in [-0.2, 0) is 4.74 Å². The molecule has 0 fully saturated rings. The number of carbonyl (C=O) groups is 1. The Morgan fingerprint density at radius 2 is 1.35 bits per heavy atom. The van der Waals surface area contributed by atoms with Gasteiger partial charge in [0.2, 0.25) is 0 Å². The van der Waals surface area contributed by atoms with Gasteiger partial charge in [0, 0.05) is 0 Å². The summed E-state index contributed by atoms with van der Waals surface area (Å²) in [5.41, 5.74) is 5.02. The third-order valence-electron chi connectivity index (χ3n) is 4.44. The fourth-order valence-electron chi connectivity index (χ4n) is 2.90. The van der Waals surface area contributed by atoms with Crippen LogP contribution in [0.25, 0.3) is 0 Å². The van der Waals surface area contributed by atoms with Crippen molar-refractivity contribution in [2.24, 2.45) is 0 Å². The van der Waals surface area contributed by atoms with Crippen molar-refractivity contribution in [1.29, 1.82) is 0 Å². The first-order valence-electron chi connectivity index (χ1n) is 9.08. The fourth-order valence-corrected chi connectivity index (χ4v) is 2.90. The van der Waals surface area contributed by atoms with E-state index in [2.05, 4.69) is 53.7 Å². The van der Waals surface area contributed by atoms with E-state index in [1.165, 1.54) is 12.2 Å². The first kappa shape index (κ1) is 22.4. The number of benzene rings is 2. The van der Waals surface area contributed by atoms with Crippen molar-refractivity contribution in [3.8, 4) is 0 Å². The SMILES string of the molecule is CC(C)c1cc(C(C)C)c(C(=O)O[CH-]c2ccccc2)c(C(C)C)c1.[Li+]. The Balaban J connectivity index is 0.00000338. The zero-order chi connectivity index (χ0) is 18.6. The Labute approximate surface area is 170 Å². The van der Waals surface area contributed by atoms with Crippen LogP contribution in [0.4, 0.5) is 0 Å². The van der Waals surface area contributed by atoms with Crippen molar-refractivity contribution in [2.45, 2.75) is 59.3 Å². The summed E-state index contributed by atoms with van der Waals surface area (Å²) >= 11 is 0. The van der Waals surface area contributed by atoms with Crippen molar-refractivity contribution < 1.29 is 28.4 Å². The standard InChI is InChI=1S/C23H29O2.Li/c1-15(2)19-12-20(16(3)4)22(21(13-19)17(5)6)23(24)25-14-18-10-8-7-9-11-18;/h7-17H,1-6H3;/q-1;+1. The number of hydrogen-bond donors (Lipinski definition) is 0. The molecule has 2 nitrogen and oxygen atoms in total. The van der Waals surface area contributed by atoms with Crippen molar-refractivity contribution in [3.63, 3.8) is 0 Å². The predicted octanol–water partition coefficient (Wildman–Crippen LogP) is 3.43. The average molecular weight is 344 g/mol. The number of esters is 1. The third kappa shape index (κ3) is 5.43. The van der Waals surface area contributed by atoms with E-state index >= 15 is 0 Å². The Morgan fingerprint density at radius 3 is 1.77 bits per heavy atom. The van der Waals surface area contributed by atoms with Crippen LogP contribution in [0.5, 0.6) is 0 Å². The molecular formula is C23H29LiO2. The van der Waals surface area contributed by atoms with E-state index in [9.17, 15) is 4.79 Å². The Morgan fingerprint density at radius 1 is 0.846 bits per heavy atom. The number of hydrogen-bond acceptors (Lipinski definition) is 2. The van der Waals surface area contributed by atoms with Crippen molar-refractivity contribution in [3.05, 3.63) is 76.9 Å². The fraction of sp³-hybridized carbons (Fsp3) is 0.391. The van der Waals surface area contributed by atoms with Crippen LogP contribution in [0.3, 0.4) is 0 Å². The third-order valence-corrected chi connectivity index (χ3v) is 4.44. The second kappa shape index (κ2) is 9.91. The van der Waals surface area contributed by atoms with Crippen LogP contribution in [-0.4, -0.2) is 5.97 Å². The molecule has 26 heavy (non-hydrogen) atoms. The largest absolute Gasteiger partial charge is 1.00 e. The van der Waals surface area contributed by atoms with Gasteiger partial charge in [0.05, 0.1) is 5.56 Å². The summed E-state index contributed by atoms with van der Waals surface area (Å²) in [6, 6.07) is 14.0. The average Bonchev–Trinajstić information content (AvgIpc) is 2.59. The van der Waals surface area contributed by atoms with Gasteiger partial charge in [-0.25, -0.2) is 4.79 Å². The predicted molar refractivity (Wildman–Crippen MR) is 104 cm³/mol. The molecule has 0 saturated carbocycles. The zero-order valence-electron chi connectivity index (χ0n) is 17.2. The van der Waals surface area contributed by atoms with Crippen molar-refractivity contribution in [2.75, 3.05) is 0 Å². The normalized spacial score (nSPS) is 10.8. The Hall–Kier alpha value is -1.62. The van der Waals surface area contributed by atoms with Crippen LogP contribution >= 0.6 is 0 Å². The monoisotopic (exact) mass is 344 g/mol. The van der Waals surface area contributed by atoms with Crippen molar-refractivity contribution in [1.82, 2.24) is 0 Å². The van der Waals surface area contributed by atoms with Gasteiger partial charge in [0.15, 0.2) is 0 Å². The van der Waals surface area contributed by atoms with E-state index in [-0.39, 0.29) is 36.7 Å². The number of ether oxygens (including phenoxy) is 1. The van der Waals surface area contributed by atoms with Gasteiger partial charge in [-0.05, 0) is 41.1 Å². The summed E-state index contributed by atoms with van der Waals surface area (Å²) in [6.07, 6.45) is 0. The zero-order valence-corrected chi connectivity index (χ0v) is 17.2. The molecule has 3 heteroatoms. The molecule has 0 bridgehead atoms. The maximum Gasteiger partial charge on any atom is 1.00 e. The van der Waals surface area contributed by atoms with E-state index in [1.807, 2.05) is 30.3 Å². The van der Waals surface area contributed by atoms with Gasteiger partial charge in [-0.15, -0.1) is 12.1 Å². The van der Waals surface area contributed by atoms with Crippen LogP contribution in [0, 0.1) is 6.61 Å². The molecule has 0 aliphatic rings. The maximum absolute atomic E-state index is 12.9. The maximum atomic E-state index is 12.9. The molecule has 0 aromatic heterocycles. The minimum Gasteiger partial charge on any atom is -0.494 e. The van der Waals surface area contributed by atoms with Crippen LogP contribution in [0.2, 0.25) is 0 Å². The molecule has 0 atom stereocenters. The van der Waals surface area contributed by atoms with E-state index in [4.69, 9.17) is 4.74 Å². The Kier molecular flexibility index (Phi) is 8.54. The number of rotatable bonds is 6. The summed E-state index contributed by atoms with van der Waals surface area (Å²) in [6.45, 7) is 14.4. The second-order valence-electron chi connectivity index (χ2n) is 7.47. The number of carbonyl (C=O) groups excluding carboxylic acids is 1. The molecular weight excluding hydrogens is 315 g/mol. The van der Waals surface area contributed by atoms with Crippen LogP contribution in [0.15, 0.2) is 42.5 Å². The molecule has 0 aliphatic carbocycles. The molecule has 0 unspecified atom stereocenters. The molecule has 134 valence electrons. The molecule has 0 saturated heterocycles. The first-order valence-corrected chi connectivity index (χ1v) is 9.08. The van der Waals surface area contributed by atoms with E-state index in [0.29, 0.717) is 5.92 Å². The van der Waals surface area contributed by atoms with Crippen LogP contribution in [0.1, 0.15) is 91.9 Å². The van der Waals surface area contributed by atoms with E-state index < -0.39 is 0 Å². The second-order valence-corrected chi connectivity index (χ2v) is 7.47.